The molecular formula is C17H23BrN2O. The summed E-state index contributed by atoms with van der Waals surface area (Å²) in [4.78, 5) is 16.6. The lowest BCUT2D eigenvalue weighted by atomic mass is 10.0. The maximum Gasteiger partial charge on any atom is 0.225 e. The Morgan fingerprint density at radius 3 is 2.38 bits per heavy atom. The van der Waals surface area contributed by atoms with E-state index in [9.17, 15) is 4.79 Å². The van der Waals surface area contributed by atoms with Gasteiger partial charge in [-0.15, -0.1) is 0 Å². The van der Waals surface area contributed by atoms with E-state index in [0.717, 1.165) is 49.8 Å². The topological polar surface area (TPSA) is 23.6 Å². The molecule has 0 spiro atoms. The highest BCUT2D eigenvalue weighted by Crippen LogP contribution is 2.32. The lowest BCUT2D eigenvalue weighted by Crippen LogP contribution is -2.45. The van der Waals surface area contributed by atoms with Crippen LogP contribution >= 0.6 is 15.9 Å². The van der Waals surface area contributed by atoms with E-state index in [0.29, 0.717) is 17.9 Å². The van der Waals surface area contributed by atoms with Crippen LogP contribution in [-0.2, 0) is 11.3 Å². The number of rotatable bonds is 4. The third-order valence-corrected chi connectivity index (χ3v) is 5.23. The molecule has 0 N–H and O–H groups in total. The lowest BCUT2D eigenvalue weighted by molar-refractivity contribution is -0.134. The maximum atomic E-state index is 12.1. The number of nitrogens with zero attached hydrogens (tertiary/aromatic N) is 2. The fraction of sp³-hybridized carbons (Fsp3) is 0.588. The Labute approximate surface area is 135 Å². The minimum atomic E-state index is 0.343. The second kappa shape index (κ2) is 6.49. The fourth-order valence-corrected chi connectivity index (χ4v) is 3.38. The highest BCUT2D eigenvalue weighted by molar-refractivity contribution is 9.10. The van der Waals surface area contributed by atoms with Gasteiger partial charge >= 0.3 is 0 Å². The summed E-state index contributed by atoms with van der Waals surface area (Å²) in [7, 11) is 2.00. The Morgan fingerprint density at radius 2 is 1.81 bits per heavy atom. The number of benzene rings is 1. The van der Waals surface area contributed by atoms with E-state index in [1.165, 1.54) is 5.56 Å². The molecule has 2 fully saturated rings. The van der Waals surface area contributed by atoms with Gasteiger partial charge in [-0.2, -0.15) is 0 Å². The monoisotopic (exact) mass is 350 g/mol. The first-order valence-electron chi connectivity index (χ1n) is 7.87. The molecule has 0 radical (unpaired) electrons. The third-order valence-electron chi connectivity index (χ3n) is 4.70. The first-order valence-corrected chi connectivity index (χ1v) is 8.66. The number of likely N-dealkylation sites (tertiary alicyclic amines) is 1. The van der Waals surface area contributed by atoms with Gasteiger partial charge in [-0.25, -0.2) is 0 Å². The third kappa shape index (κ3) is 3.86. The zero-order chi connectivity index (χ0) is 14.8. The summed E-state index contributed by atoms with van der Waals surface area (Å²) >= 11 is 3.47. The van der Waals surface area contributed by atoms with Gasteiger partial charge in [-0.05, 0) is 43.4 Å². The molecular weight excluding hydrogens is 328 g/mol. The Morgan fingerprint density at radius 1 is 1.19 bits per heavy atom. The Hall–Kier alpha value is -0.870. The number of amides is 1. The van der Waals surface area contributed by atoms with Gasteiger partial charge in [0.1, 0.15) is 0 Å². The van der Waals surface area contributed by atoms with E-state index >= 15 is 0 Å². The van der Waals surface area contributed by atoms with Crippen LogP contribution in [0, 0.1) is 5.92 Å². The summed E-state index contributed by atoms with van der Waals surface area (Å²) in [5, 5.41) is 0. The van der Waals surface area contributed by atoms with Gasteiger partial charge in [0.05, 0.1) is 0 Å². The predicted molar refractivity (Wildman–Crippen MR) is 87.9 cm³/mol. The van der Waals surface area contributed by atoms with Crippen molar-refractivity contribution in [1.29, 1.82) is 0 Å². The molecule has 21 heavy (non-hydrogen) atoms. The zero-order valence-electron chi connectivity index (χ0n) is 12.6. The molecule has 3 rings (SSSR count). The summed E-state index contributed by atoms with van der Waals surface area (Å²) in [6.07, 6.45) is 4.41. The largest absolute Gasteiger partial charge is 0.342 e. The summed E-state index contributed by atoms with van der Waals surface area (Å²) in [5.74, 6) is 0.720. The lowest BCUT2D eigenvalue weighted by Gasteiger charge is -2.37. The van der Waals surface area contributed by atoms with Gasteiger partial charge in [-0.3, -0.25) is 9.69 Å². The molecule has 1 saturated carbocycles. The molecule has 114 valence electrons. The van der Waals surface area contributed by atoms with E-state index in [2.05, 4.69) is 45.1 Å². The van der Waals surface area contributed by atoms with Crippen LogP contribution in [0.5, 0.6) is 0 Å². The number of carbonyl (C=O) groups excluding carboxylic acids is 1. The molecule has 1 saturated heterocycles. The Bertz CT molecular complexity index is 490. The van der Waals surface area contributed by atoms with Crippen molar-refractivity contribution in [2.45, 2.75) is 38.3 Å². The molecule has 1 aromatic carbocycles. The average molecular weight is 351 g/mol. The first-order chi connectivity index (χ1) is 10.1. The highest BCUT2D eigenvalue weighted by atomic mass is 79.9. The minimum absolute atomic E-state index is 0.343. The van der Waals surface area contributed by atoms with E-state index < -0.39 is 0 Å². The van der Waals surface area contributed by atoms with Crippen LogP contribution in [-0.4, -0.2) is 41.9 Å². The molecule has 4 heteroatoms. The van der Waals surface area contributed by atoms with Crippen LogP contribution in [0.15, 0.2) is 28.7 Å². The van der Waals surface area contributed by atoms with Crippen molar-refractivity contribution in [2.24, 2.45) is 5.92 Å². The maximum absolute atomic E-state index is 12.1. The molecule has 0 atom stereocenters. The number of carbonyl (C=O) groups is 1. The van der Waals surface area contributed by atoms with E-state index in [4.69, 9.17) is 0 Å². The van der Waals surface area contributed by atoms with Crippen molar-refractivity contribution in [3.63, 3.8) is 0 Å². The normalized spacial score (nSPS) is 20.5. The van der Waals surface area contributed by atoms with E-state index in [-0.39, 0.29) is 0 Å². The van der Waals surface area contributed by atoms with Crippen LogP contribution in [0.4, 0.5) is 0 Å². The molecule has 0 aromatic heterocycles. The number of hydrogen-bond donors (Lipinski definition) is 0. The quantitative estimate of drug-likeness (QED) is 0.831. The molecule has 1 aliphatic heterocycles. The molecule has 1 heterocycles. The second-order valence-corrected chi connectivity index (χ2v) is 7.27. The smallest absolute Gasteiger partial charge is 0.225 e. The van der Waals surface area contributed by atoms with Crippen LogP contribution in [0.2, 0.25) is 0 Å². The van der Waals surface area contributed by atoms with Crippen molar-refractivity contribution in [2.75, 3.05) is 20.1 Å². The van der Waals surface area contributed by atoms with Gasteiger partial charge < -0.3 is 4.90 Å². The predicted octanol–water partition coefficient (Wildman–Crippen LogP) is 3.28. The molecule has 0 unspecified atom stereocenters. The SMILES string of the molecule is CN(C(=O)C1CC1)C1CCN(Cc2ccc(Br)cc2)CC1. The van der Waals surface area contributed by atoms with Crippen LogP contribution in [0.3, 0.4) is 0 Å². The van der Waals surface area contributed by atoms with E-state index in [1.807, 2.05) is 11.9 Å². The number of hydrogen-bond acceptors (Lipinski definition) is 2. The zero-order valence-corrected chi connectivity index (χ0v) is 14.2. The van der Waals surface area contributed by atoms with Crippen molar-refractivity contribution in [3.8, 4) is 0 Å². The van der Waals surface area contributed by atoms with E-state index in [1.54, 1.807) is 0 Å². The minimum Gasteiger partial charge on any atom is -0.342 e. The fourth-order valence-electron chi connectivity index (χ4n) is 3.11. The molecule has 1 aromatic rings. The number of halogens is 1. The van der Waals surface area contributed by atoms with Crippen molar-refractivity contribution >= 4 is 21.8 Å². The van der Waals surface area contributed by atoms with Gasteiger partial charge in [0.2, 0.25) is 5.91 Å². The standard InChI is InChI=1S/C17H23BrN2O/c1-19(17(21)14-4-5-14)16-8-10-20(11-9-16)12-13-2-6-15(18)7-3-13/h2-3,6-7,14,16H,4-5,8-12H2,1H3. The summed E-state index contributed by atoms with van der Waals surface area (Å²) in [5.41, 5.74) is 1.36. The van der Waals surface area contributed by atoms with Crippen molar-refractivity contribution in [3.05, 3.63) is 34.3 Å². The van der Waals surface area contributed by atoms with Gasteiger partial charge in [0, 0.05) is 43.1 Å². The average Bonchev–Trinajstić information content (AvgIpc) is 3.34. The van der Waals surface area contributed by atoms with Crippen molar-refractivity contribution in [1.82, 2.24) is 9.80 Å². The molecule has 1 aliphatic carbocycles. The van der Waals surface area contributed by atoms with Crippen LogP contribution in [0.1, 0.15) is 31.2 Å². The highest BCUT2D eigenvalue weighted by Gasteiger charge is 2.35. The van der Waals surface area contributed by atoms with Gasteiger partial charge in [-0.1, -0.05) is 28.1 Å². The summed E-state index contributed by atoms with van der Waals surface area (Å²) < 4.78 is 1.13. The van der Waals surface area contributed by atoms with Crippen LogP contribution in [0.25, 0.3) is 0 Å². The Balaban J connectivity index is 1.48. The summed E-state index contributed by atoms with van der Waals surface area (Å²) in [6.45, 7) is 3.19. The van der Waals surface area contributed by atoms with Gasteiger partial charge in [0.15, 0.2) is 0 Å². The molecule has 1 amide bonds. The number of piperidine rings is 1. The van der Waals surface area contributed by atoms with Crippen molar-refractivity contribution < 1.29 is 4.79 Å². The molecule has 3 nitrogen and oxygen atoms in total. The Kier molecular flexibility index (Phi) is 4.65. The van der Waals surface area contributed by atoms with Crippen LogP contribution < -0.4 is 0 Å². The first kappa shape index (κ1) is 15.0. The molecule has 0 bridgehead atoms. The molecule has 2 aliphatic rings. The second-order valence-electron chi connectivity index (χ2n) is 6.36. The van der Waals surface area contributed by atoms with Gasteiger partial charge in [0.25, 0.3) is 0 Å². The summed E-state index contributed by atoms with van der Waals surface area (Å²) in [6, 6.07) is 9.01.